The SMILES string of the molecule is Cc1cc2c(cc1N1c3cc(-c4ccccc4)ccc3B3c4cc5c(cc4N(c4ccc6c(c4C)C(C)(C)CCC6(C)C)c4cc(C(C)(C)C)cc1c43)C(C)(C)CCC5(C)C)C(C)(C)CCC2(C)C. The van der Waals surface area contributed by atoms with Crippen molar-refractivity contribution in [2.75, 3.05) is 9.80 Å². The van der Waals surface area contributed by atoms with Crippen LogP contribution in [0.3, 0.4) is 0 Å². The number of hydrogen-bond donors (Lipinski definition) is 0. The molecule has 0 fully saturated rings. The van der Waals surface area contributed by atoms with Gasteiger partial charge in [0.05, 0.1) is 0 Å². The molecule has 0 amide bonds. The van der Waals surface area contributed by atoms with Gasteiger partial charge in [0.25, 0.3) is 6.71 Å². The Balaban J connectivity index is 1.30. The standard InChI is InChI=1S/C66H79BN2/c1-40-33-46-48(64(12,13)29-27-62(46,8)9)38-53(40)69-54-34-43(42-21-19-18-20-22-42)23-25-50(54)67-51-37-47-49(65(14,15)30-28-63(47,10)11)39-55(51)68(56-35-44(60(3,4)5)36-57(69)59(56)67)52-26-24-45-58(41(52)2)66(16,17)32-31-61(45,6)7/h18-26,33-39H,27-32H2,1-17H3. The van der Waals surface area contributed by atoms with E-state index in [1.54, 1.807) is 5.56 Å². The molecule has 2 heterocycles. The monoisotopic (exact) mass is 911 g/mol. The van der Waals surface area contributed by atoms with Gasteiger partial charge in [-0.2, -0.15) is 0 Å². The average molecular weight is 911 g/mol. The third-order valence-electron chi connectivity index (χ3n) is 18.9. The van der Waals surface area contributed by atoms with Crippen LogP contribution in [-0.4, -0.2) is 6.71 Å². The Morgan fingerprint density at radius 1 is 0.406 bits per heavy atom. The smallest absolute Gasteiger partial charge is 0.252 e. The Hall–Kier alpha value is -5.02. The fourth-order valence-electron chi connectivity index (χ4n) is 14.0. The Morgan fingerprint density at radius 3 is 1.45 bits per heavy atom. The number of rotatable bonds is 3. The minimum Gasteiger partial charge on any atom is -0.311 e. The lowest BCUT2D eigenvalue weighted by atomic mass is 9.33. The fraction of sp³-hybridized carbons (Fsp3) is 0.455. The van der Waals surface area contributed by atoms with Crippen LogP contribution in [0.5, 0.6) is 0 Å². The van der Waals surface area contributed by atoms with Crippen molar-refractivity contribution in [1.82, 2.24) is 0 Å². The number of anilines is 6. The summed E-state index contributed by atoms with van der Waals surface area (Å²) in [5, 5.41) is 0. The number of aryl methyl sites for hydroxylation is 1. The van der Waals surface area contributed by atoms with Crippen LogP contribution in [0.4, 0.5) is 34.1 Å². The van der Waals surface area contributed by atoms with Gasteiger partial charge >= 0.3 is 0 Å². The van der Waals surface area contributed by atoms with Crippen molar-refractivity contribution < 1.29 is 0 Å². The zero-order valence-corrected chi connectivity index (χ0v) is 45.5. The number of nitrogens with zero attached hydrogens (tertiary/aromatic N) is 2. The molecule has 2 aliphatic heterocycles. The molecular weight excluding hydrogens is 832 g/mol. The summed E-state index contributed by atoms with van der Waals surface area (Å²) in [4.78, 5) is 5.51. The number of benzene rings is 6. The molecule has 0 N–H and O–H groups in total. The molecule has 0 bridgehead atoms. The maximum atomic E-state index is 2.78. The van der Waals surface area contributed by atoms with Crippen LogP contribution in [0.2, 0.25) is 0 Å². The molecule has 6 aromatic carbocycles. The first-order valence-electron chi connectivity index (χ1n) is 26.6. The van der Waals surface area contributed by atoms with Crippen molar-refractivity contribution in [3.05, 3.63) is 147 Å². The molecule has 0 aromatic heterocycles. The Labute approximate surface area is 417 Å². The van der Waals surface area contributed by atoms with Gasteiger partial charge in [0.2, 0.25) is 0 Å². The lowest BCUT2D eigenvalue weighted by Crippen LogP contribution is -2.62. The van der Waals surface area contributed by atoms with Crippen molar-refractivity contribution in [2.24, 2.45) is 0 Å². The molecule has 6 aromatic rings. The number of hydrogen-bond acceptors (Lipinski definition) is 2. The van der Waals surface area contributed by atoms with E-state index in [9.17, 15) is 0 Å². The summed E-state index contributed by atoms with van der Waals surface area (Å²) >= 11 is 0. The first-order chi connectivity index (χ1) is 32.1. The van der Waals surface area contributed by atoms with Crippen LogP contribution < -0.4 is 26.2 Å². The molecule has 3 heteroatoms. The van der Waals surface area contributed by atoms with Crippen molar-refractivity contribution in [1.29, 1.82) is 0 Å². The molecule has 69 heavy (non-hydrogen) atoms. The van der Waals surface area contributed by atoms with E-state index in [0.717, 1.165) is 0 Å². The van der Waals surface area contributed by atoms with Crippen molar-refractivity contribution in [2.45, 2.75) is 194 Å². The van der Waals surface area contributed by atoms with Crippen molar-refractivity contribution >= 4 is 57.2 Å². The van der Waals surface area contributed by atoms with E-state index < -0.39 is 0 Å². The first kappa shape index (κ1) is 46.4. The minimum atomic E-state index is -0.111. The lowest BCUT2D eigenvalue weighted by molar-refractivity contribution is 0.330. The second-order valence-corrected chi connectivity index (χ2v) is 27.5. The average Bonchev–Trinajstić information content (AvgIpc) is 3.28. The van der Waals surface area contributed by atoms with Gasteiger partial charge in [-0.25, -0.2) is 0 Å². The largest absolute Gasteiger partial charge is 0.311 e. The summed E-state index contributed by atoms with van der Waals surface area (Å²) in [6.45, 7) is 42.0. The maximum absolute atomic E-state index is 2.78. The molecule has 356 valence electrons. The van der Waals surface area contributed by atoms with E-state index in [1.807, 2.05) is 0 Å². The van der Waals surface area contributed by atoms with E-state index in [1.165, 1.54) is 145 Å². The predicted octanol–water partition coefficient (Wildman–Crippen LogP) is 16.4. The molecular formula is C66H79BN2. The van der Waals surface area contributed by atoms with Gasteiger partial charge in [0.1, 0.15) is 0 Å². The third kappa shape index (κ3) is 6.92. The summed E-state index contributed by atoms with van der Waals surface area (Å²) in [5.41, 5.74) is 28.3. The molecule has 0 unspecified atom stereocenters. The van der Waals surface area contributed by atoms with Gasteiger partial charge in [-0.15, -0.1) is 0 Å². The fourth-order valence-corrected chi connectivity index (χ4v) is 14.0. The maximum Gasteiger partial charge on any atom is 0.252 e. The zero-order chi connectivity index (χ0) is 49.3. The Kier molecular flexibility index (Phi) is 9.93. The summed E-state index contributed by atoms with van der Waals surface area (Å²) in [7, 11) is 0. The molecule has 11 rings (SSSR count). The molecule has 0 spiro atoms. The second-order valence-electron chi connectivity index (χ2n) is 27.5. The summed E-state index contributed by atoms with van der Waals surface area (Å²) in [6.07, 6.45) is 7.13. The lowest BCUT2D eigenvalue weighted by Gasteiger charge is -2.49. The highest BCUT2D eigenvalue weighted by atomic mass is 15.2. The van der Waals surface area contributed by atoms with Gasteiger partial charge in [0, 0.05) is 34.1 Å². The zero-order valence-electron chi connectivity index (χ0n) is 45.5. The quantitative estimate of drug-likeness (QED) is 0.163. The van der Waals surface area contributed by atoms with Gasteiger partial charge < -0.3 is 9.80 Å². The molecule has 3 aliphatic carbocycles. The van der Waals surface area contributed by atoms with Crippen molar-refractivity contribution in [3.63, 3.8) is 0 Å². The summed E-state index contributed by atoms with van der Waals surface area (Å²) in [6, 6.07) is 39.4. The van der Waals surface area contributed by atoms with E-state index >= 15 is 0 Å². The molecule has 5 aliphatic rings. The highest BCUT2D eigenvalue weighted by Gasteiger charge is 2.49. The van der Waals surface area contributed by atoms with Crippen molar-refractivity contribution in [3.8, 4) is 11.1 Å². The van der Waals surface area contributed by atoms with E-state index in [2.05, 4.69) is 225 Å². The molecule has 0 saturated heterocycles. The van der Waals surface area contributed by atoms with Crippen LogP contribution >= 0.6 is 0 Å². The van der Waals surface area contributed by atoms with Crippen LogP contribution in [0, 0.1) is 13.8 Å². The van der Waals surface area contributed by atoms with Crippen LogP contribution in [-0.2, 0) is 37.9 Å². The highest BCUT2D eigenvalue weighted by molar-refractivity contribution is 7.00. The minimum absolute atomic E-state index is 0.0408. The van der Waals surface area contributed by atoms with Gasteiger partial charge in [-0.05, 0) is 204 Å². The predicted molar refractivity (Wildman–Crippen MR) is 300 cm³/mol. The van der Waals surface area contributed by atoms with Gasteiger partial charge in [0.15, 0.2) is 0 Å². The van der Waals surface area contributed by atoms with E-state index in [0.29, 0.717) is 0 Å². The second kappa shape index (κ2) is 14.8. The highest BCUT2D eigenvalue weighted by Crippen LogP contribution is 2.56. The normalized spacial score (nSPS) is 20.5. The Morgan fingerprint density at radius 2 is 0.884 bits per heavy atom. The summed E-state index contributed by atoms with van der Waals surface area (Å²) in [5.74, 6) is 0. The molecule has 0 saturated carbocycles. The van der Waals surface area contributed by atoms with Crippen LogP contribution in [0.1, 0.15) is 192 Å². The number of fused-ring (bicyclic) bond motifs is 7. The molecule has 2 nitrogen and oxygen atoms in total. The van der Waals surface area contributed by atoms with E-state index in [4.69, 9.17) is 0 Å². The molecule has 0 atom stereocenters. The summed E-state index contributed by atoms with van der Waals surface area (Å²) < 4.78 is 0. The first-order valence-corrected chi connectivity index (χ1v) is 26.6. The van der Waals surface area contributed by atoms with E-state index in [-0.39, 0.29) is 44.6 Å². The van der Waals surface area contributed by atoms with Gasteiger partial charge in [-0.1, -0.05) is 165 Å². The van der Waals surface area contributed by atoms with Crippen LogP contribution in [0.15, 0.2) is 97.1 Å². The van der Waals surface area contributed by atoms with Crippen LogP contribution in [0.25, 0.3) is 11.1 Å². The molecule has 0 radical (unpaired) electrons. The topological polar surface area (TPSA) is 6.48 Å². The Bertz CT molecular complexity index is 3130. The van der Waals surface area contributed by atoms with Gasteiger partial charge in [-0.3, -0.25) is 0 Å². The third-order valence-corrected chi connectivity index (χ3v) is 18.9.